The summed E-state index contributed by atoms with van der Waals surface area (Å²) in [7, 11) is 0. The third-order valence-electron chi connectivity index (χ3n) is 4.28. The molecule has 0 aromatic heterocycles. The molecule has 5 nitrogen and oxygen atoms in total. The summed E-state index contributed by atoms with van der Waals surface area (Å²) in [6.07, 6.45) is -4.44. The Hall–Kier alpha value is -3.68. The van der Waals surface area contributed by atoms with Crippen LogP contribution in [0.5, 0.6) is 0 Å². The van der Waals surface area contributed by atoms with Gasteiger partial charge in [0.25, 0.3) is 11.6 Å². The summed E-state index contributed by atoms with van der Waals surface area (Å²) in [5.41, 5.74) is 1.54. The van der Waals surface area contributed by atoms with Gasteiger partial charge in [0.05, 0.1) is 10.5 Å². The van der Waals surface area contributed by atoms with E-state index in [0.717, 1.165) is 17.7 Å². The number of hydrogen-bond donors (Lipinski definition) is 1. The molecule has 0 saturated heterocycles. The highest BCUT2D eigenvalue weighted by Crippen LogP contribution is 2.32. The number of halogens is 3. The molecule has 0 unspecified atom stereocenters. The average Bonchev–Trinajstić information content (AvgIpc) is 2.67. The maximum Gasteiger partial charge on any atom is 0.416 e. The zero-order valence-corrected chi connectivity index (χ0v) is 15.2. The number of hydrogen-bond acceptors (Lipinski definition) is 3. The number of nitrogens with one attached hydrogen (secondary N) is 1. The van der Waals surface area contributed by atoms with E-state index in [1.54, 1.807) is 18.2 Å². The zero-order valence-electron chi connectivity index (χ0n) is 15.2. The van der Waals surface area contributed by atoms with E-state index in [1.165, 1.54) is 36.4 Å². The Morgan fingerprint density at radius 3 is 2.14 bits per heavy atom. The van der Waals surface area contributed by atoms with Crippen molar-refractivity contribution in [1.29, 1.82) is 0 Å². The van der Waals surface area contributed by atoms with Gasteiger partial charge < -0.3 is 5.32 Å². The van der Waals surface area contributed by atoms with Crippen LogP contribution in [0.1, 0.15) is 21.5 Å². The molecule has 8 heteroatoms. The molecule has 1 N–H and O–H groups in total. The Balaban J connectivity index is 1.92. The Morgan fingerprint density at radius 1 is 0.966 bits per heavy atom. The summed E-state index contributed by atoms with van der Waals surface area (Å²) in [5, 5.41) is 13.4. The van der Waals surface area contributed by atoms with E-state index < -0.39 is 22.6 Å². The highest BCUT2D eigenvalue weighted by Gasteiger charge is 2.30. The molecular formula is C21H15F3N2O3. The van der Waals surface area contributed by atoms with Gasteiger partial charge in [0.1, 0.15) is 0 Å². The van der Waals surface area contributed by atoms with Crippen molar-refractivity contribution >= 4 is 17.3 Å². The molecular weight excluding hydrogens is 385 g/mol. The van der Waals surface area contributed by atoms with Gasteiger partial charge in [-0.3, -0.25) is 14.9 Å². The van der Waals surface area contributed by atoms with Crippen LogP contribution in [0, 0.1) is 17.0 Å². The van der Waals surface area contributed by atoms with Crippen LogP contribution in [-0.4, -0.2) is 10.8 Å². The number of nitrogens with zero attached hydrogens (tertiary/aromatic N) is 1. The number of amides is 1. The lowest BCUT2D eigenvalue weighted by molar-refractivity contribution is -0.384. The second-order valence-corrected chi connectivity index (χ2v) is 6.38. The molecule has 3 rings (SSSR count). The number of nitro benzene ring substituents is 1. The minimum absolute atomic E-state index is 0.108. The minimum atomic E-state index is -4.44. The lowest BCUT2D eigenvalue weighted by atomic mass is 9.96. The topological polar surface area (TPSA) is 72.2 Å². The third kappa shape index (κ3) is 4.60. The summed E-state index contributed by atoms with van der Waals surface area (Å²) >= 11 is 0. The van der Waals surface area contributed by atoms with Gasteiger partial charge in [-0.15, -0.1) is 0 Å². The highest BCUT2D eigenvalue weighted by atomic mass is 19.4. The maximum atomic E-state index is 12.8. The van der Waals surface area contributed by atoms with Gasteiger partial charge in [0.2, 0.25) is 0 Å². The van der Waals surface area contributed by atoms with E-state index in [4.69, 9.17) is 0 Å². The summed E-state index contributed by atoms with van der Waals surface area (Å²) in [4.78, 5) is 22.9. The van der Waals surface area contributed by atoms with Gasteiger partial charge in [-0.1, -0.05) is 29.8 Å². The van der Waals surface area contributed by atoms with Gasteiger partial charge in [0, 0.05) is 23.4 Å². The van der Waals surface area contributed by atoms with E-state index in [9.17, 15) is 28.1 Å². The van der Waals surface area contributed by atoms with Crippen molar-refractivity contribution in [3.63, 3.8) is 0 Å². The number of benzene rings is 3. The zero-order chi connectivity index (χ0) is 21.2. The molecule has 1 amide bonds. The molecule has 29 heavy (non-hydrogen) atoms. The van der Waals surface area contributed by atoms with Gasteiger partial charge in [-0.25, -0.2) is 0 Å². The van der Waals surface area contributed by atoms with E-state index >= 15 is 0 Å². The first-order chi connectivity index (χ1) is 13.6. The van der Waals surface area contributed by atoms with Gasteiger partial charge in [0.15, 0.2) is 0 Å². The molecule has 0 spiro atoms. The van der Waals surface area contributed by atoms with Crippen LogP contribution in [0.25, 0.3) is 11.1 Å². The monoisotopic (exact) mass is 400 g/mol. The first kappa shape index (κ1) is 20.1. The van der Waals surface area contributed by atoms with Crippen LogP contribution in [0.2, 0.25) is 0 Å². The number of nitro groups is 1. The Labute approximate surface area is 164 Å². The summed E-state index contributed by atoms with van der Waals surface area (Å²) < 4.78 is 38.4. The number of aryl methyl sites for hydroxylation is 1. The number of anilines is 1. The van der Waals surface area contributed by atoms with Crippen molar-refractivity contribution in [2.24, 2.45) is 0 Å². The van der Waals surface area contributed by atoms with Crippen molar-refractivity contribution in [3.8, 4) is 11.1 Å². The number of alkyl halides is 3. The molecule has 0 fully saturated rings. The molecule has 0 radical (unpaired) electrons. The van der Waals surface area contributed by atoms with Crippen molar-refractivity contribution < 1.29 is 22.9 Å². The molecule has 0 aliphatic heterocycles. The predicted octanol–water partition coefficient (Wildman–Crippen LogP) is 5.84. The van der Waals surface area contributed by atoms with E-state index in [1.807, 2.05) is 6.92 Å². The molecule has 3 aromatic carbocycles. The molecule has 0 saturated carbocycles. The first-order valence-corrected chi connectivity index (χ1v) is 8.49. The summed E-state index contributed by atoms with van der Waals surface area (Å²) in [5.74, 6) is -0.478. The quantitative estimate of drug-likeness (QED) is 0.442. The predicted molar refractivity (Wildman–Crippen MR) is 103 cm³/mol. The third-order valence-corrected chi connectivity index (χ3v) is 4.28. The summed E-state index contributed by atoms with van der Waals surface area (Å²) in [6, 6.07) is 14.9. The number of non-ortho nitro benzene ring substituents is 1. The first-order valence-electron chi connectivity index (χ1n) is 8.49. The maximum absolute atomic E-state index is 12.8. The van der Waals surface area contributed by atoms with Crippen LogP contribution in [0.3, 0.4) is 0 Å². The van der Waals surface area contributed by atoms with Crippen LogP contribution < -0.4 is 5.32 Å². The van der Waals surface area contributed by atoms with Crippen molar-refractivity contribution in [2.75, 3.05) is 5.32 Å². The smallest absolute Gasteiger partial charge is 0.322 e. The van der Waals surface area contributed by atoms with Crippen molar-refractivity contribution in [3.05, 3.63) is 93.5 Å². The van der Waals surface area contributed by atoms with Crippen LogP contribution in [-0.2, 0) is 6.18 Å². The number of carbonyl (C=O) groups is 1. The van der Waals surface area contributed by atoms with Crippen molar-refractivity contribution in [1.82, 2.24) is 0 Å². The lowest BCUT2D eigenvalue weighted by Crippen LogP contribution is -2.13. The Kier molecular flexibility index (Phi) is 5.36. The average molecular weight is 400 g/mol. The molecule has 0 atom stereocenters. The largest absolute Gasteiger partial charge is 0.416 e. The molecule has 0 aliphatic carbocycles. The van der Waals surface area contributed by atoms with Gasteiger partial charge in [-0.2, -0.15) is 13.2 Å². The fourth-order valence-corrected chi connectivity index (χ4v) is 2.80. The second kappa shape index (κ2) is 7.75. The molecule has 0 bridgehead atoms. The fraction of sp³-hybridized carbons (Fsp3) is 0.0952. The van der Waals surface area contributed by atoms with E-state index in [0.29, 0.717) is 16.8 Å². The number of rotatable bonds is 4. The van der Waals surface area contributed by atoms with Crippen LogP contribution >= 0.6 is 0 Å². The standard InChI is InChI=1S/C21H15F3N2O3/c1-13-2-11-18(20(27)25-16-7-9-17(10-8-16)26(28)29)19(12-13)14-3-5-15(6-4-14)21(22,23)24/h2-12H,1H3,(H,25,27). The Bertz CT molecular complexity index is 1060. The second-order valence-electron chi connectivity index (χ2n) is 6.38. The van der Waals surface area contributed by atoms with Crippen molar-refractivity contribution in [2.45, 2.75) is 13.1 Å². The molecule has 3 aromatic rings. The van der Waals surface area contributed by atoms with Gasteiger partial charge >= 0.3 is 6.18 Å². The van der Waals surface area contributed by atoms with Gasteiger partial charge in [-0.05, 0) is 48.4 Å². The van der Waals surface area contributed by atoms with Crippen LogP contribution in [0.15, 0.2) is 66.7 Å². The highest BCUT2D eigenvalue weighted by molar-refractivity contribution is 6.08. The normalized spacial score (nSPS) is 11.2. The fourth-order valence-electron chi connectivity index (χ4n) is 2.80. The Morgan fingerprint density at radius 2 is 1.59 bits per heavy atom. The summed E-state index contributed by atoms with van der Waals surface area (Å²) in [6.45, 7) is 1.81. The van der Waals surface area contributed by atoms with Crippen LogP contribution in [0.4, 0.5) is 24.5 Å². The minimum Gasteiger partial charge on any atom is -0.322 e. The SMILES string of the molecule is Cc1ccc(C(=O)Nc2ccc([N+](=O)[O-])cc2)c(-c2ccc(C(F)(F)F)cc2)c1. The number of carbonyl (C=O) groups excluding carboxylic acids is 1. The van der Waals surface area contributed by atoms with E-state index in [2.05, 4.69) is 5.32 Å². The van der Waals surface area contributed by atoms with E-state index in [-0.39, 0.29) is 11.3 Å². The lowest BCUT2D eigenvalue weighted by Gasteiger charge is -2.13. The molecule has 148 valence electrons. The molecule has 0 aliphatic rings. The molecule has 0 heterocycles.